The lowest BCUT2D eigenvalue weighted by Gasteiger charge is -2.23. The van der Waals surface area contributed by atoms with Gasteiger partial charge in [-0.05, 0) is 60.5 Å². The summed E-state index contributed by atoms with van der Waals surface area (Å²) >= 11 is 9.62. The summed E-state index contributed by atoms with van der Waals surface area (Å²) in [4.78, 5) is 13.2. The third-order valence-electron chi connectivity index (χ3n) is 4.63. The molecule has 6 nitrogen and oxygen atoms in total. The molecule has 0 saturated carbocycles. The van der Waals surface area contributed by atoms with E-state index in [1.165, 1.54) is 37.4 Å². The van der Waals surface area contributed by atoms with Crippen molar-refractivity contribution in [3.05, 3.63) is 81.8 Å². The Morgan fingerprint density at radius 3 is 2.34 bits per heavy atom. The molecule has 0 fully saturated rings. The van der Waals surface area contributed by atoms with Crippen molar-refractivity contribution in [1.29, 1.82) is 0 Å². The Kier molecular flexibility index (Phi) is 7.82. The maximum absolute atomic E-state index is 13.4. The molecule has 3 aromatic carbocycles. The van der Waals surface area contributed by atoms with Gasteiger partial charge in [-0.25, -0.2) is 8.42 Å². The molecule has 0 spiro atoms. The normalized spacial score (nSPS) is 11.1. The lowest BCUT2D eigenvalue weighted by Crippen LogP contribution is -2.40. The molecule has 1 amide bonds. The van der Waals surface area contributed by atoms with Crippen LogP contribution < -0.4 is 13.8 Å². The average Bonchev–Trinajstić information content (AvgIpc) is 2.79. The minimum atomic E-state index is -4.22. The van der Waals surface area contributed by atoms with E-state index in [0.29, 0.717) is 22.2 Å². The number of hydrogen-bond acceptors (Lipinski definition) is 5. The number of nitrogens with zero attached hydrogens (tertiary/aromatic N) is 1. The molecule has 0 bridgehead atoms. The molecule has 32 heavy (non-hydrogen) atoms. The zero-order chi connectivity index (χ0) is 23.3. The average molecular weight is 539 g/mol. The van der Waals surface area contributed by atoms with Gasteiger partial charge in [0.05, 0.1) is 22.7 Å². The number of halogens is 2. The van der Waals surface area contributed by atoms with E-state index in [1.54, 1.807) is 30.3 Å². The highest BCUT2D eigenvalue weighted by Gasteiger charge is 2.32. The summed E-state index contributed by atoms with van der Waals surface area (Å²) in [5.74, 6) is 0.104. The first-order chi connectivity index (χ1) is 15.3. The van der Waals surface area contributed by atoms with Crippen molar-refractivity contribution < 1.29 is 22.7 Å². The summed E-state index contributed by atoms with van der Waals surface area (Å²) in [6.45, 7) is 1.48. The van der Waals surface area contributed by atoms with E-state index < -0.39 is 22.5 Å². The molecule has 0 atom stereocenters. The highest BCUT2D eigenvalue weighted by atomic mass is 79.9. The van der Waals surface area contributed by atoms with Crippen molar-refractivity contribution in [3.8, 4) is 11.5 Å². The van der Waals surface area contributed by atoms with Gasteiger partial charge in [0.1, 0.15) is 11.5 Å². The Morgan fingerprint density at radius 2 is 1.72 bits per heavy atom. The molecule has 9 heteroatoms. The van der Waals surface area contributed by atoms with E-state index in [1.807, 2.05) is 13.0 Å². The van der Waals surface area contributed by atoms with Gasteiger partial charge < -0.3 is 9.47 Å². The highest BCUT2D eigenvalue weighted by Crippen LogP contribution is 2.32. The van der Waals surface area contributed by atoms with E-state index in [9.17, 15) is 13.2 Å². The number of anilines is 1. The Morgan fingerprint density at radius 1 is 1.03 bits per heavy atom. The number of hydrogen-bond donors (Lipinski definition) is 0. The first-order valence-electron chi connectivity index (χ1n) is 9.66. The Labute approximate surface area is 200 Å². The van der Waals surface area contributed by atoms with Crippen LogP contribution in [0, 0.1) is 0 Å². The monoisotopic (exact) mass is 537 g/mol. The maximum atomic E-state index is 13.4. The lowest BCUT2D eigenvalue weighted by atomic mass is 10.1. The van der Waals surface area contributed by atoms with Crippen LogP contribution in [0.1, 0.15) is 12.5 Å². The van der Waals surface area contributed by atoms with Crippen molar-refractivity contribution >= 4 is 49.1 Å². The van der Waals surface area contributed by atoms with E-state index in [-0.39, 0.29) is 15.6 Å². The van der Waals surface area contributed by atoms with Gasteiger partial charge in [-0.3, -0.25) is 4.79 Å². The second-order valence-corrected chi connectivity index (χ2v) is 9.80. The van der Waals surface area contributed by atoms with Gasteiger partial charge in [0.15, 0.2) is 6.61 Å². The number of benzene rings is 3. The standard InChI is InChI=1S/C23H21BrClNO5S/c1-3-16-13-17(24)9-11-21(16)31-15-23(27)26(18-10-12-22(30-2)20(25)14-18)32(28,29)19-7-5-4-6-8-19/h4-14H,3,15H2,1-2H3. The van der Waals surface area contributed by atoms with Crippen molar-refractivity contribution in [2.45, 2.75) is 18.2 Å². The molecule has 0 aliphatic rings. The molecule has 0 saturated heterocycles. The van der Waals surface area contributed by atoms with E-state index in [4.69, 9.17) is 21.1 Å². The molecule has 0 unspecified atom stereocenters. The smallest absolute Gasteiger partial charge is 0.278 e. The lowest BCUT2D eigenvalue weighted by molar-refractivity contribution is -0.119. The summed E-state index contributed by atoms with van der Waals surface area (Å²) in [5.41, 5.74) is 0.969. The number of ether oxygens (including phenoxy) is 2. The quantitative estimate of drug-likeness (QED) is 0.380. The van der Waals surface area contributed by atoms with Crippen LogP contribution in [0.4, 0.5) is 5.69 Å². The molecule has 0 aliphatic carbocycles. The van der Waals surface area contributed by atoms with Crippen LogP contribution in [0.15, 0.2) is 76.1 Å². The number of aryl methyl sites for hydroxylation is 1. The van der Waals surface area contributed by atoms with E-state index >= 15 is 0 Å². The molecular weight excluding hydrogens is 518 g/mol. The van der Waals surface area contributed by atoms with Gasteiger partial charge in [-0.2, -0.15) is 4.31 Å². The van der Waals surface area contributed by atoms with Crippen LogP contribution in [0.3, 0.4) is 0 Å². The Hall–Kier alpha value is -2.55. The molecule has 168 valence electrons. The predicted molar refractivity (Wildman–Crippen MR) is 128 cm³/mol. The van der Waals surface area contributed by atoms with E-state index in [2.05, 4.69) is 15.9 Å². The number of carbonyl (C=O) groups excluding carboxylic acids is 1. The van der Waals surface area contributed by atoms with Gasteiger partial charge in [0.25, 0.3) is 15.9 Å². The zero-order valence-corrected chi connectivity index (χ0v) is 20.6. The number of rotatable bonds is 8. The maximum Gasteiger partial charge on any atom is 0.278 e. The Bertz CT molecular complexity index is 1220. The number of carbonyl (C=O) groups is 1. The zero-order valence-electron chi connectivity index (χ0n) is 17.4. The molecule has 3 aromatic rings. The van der Waals surface area contributed by atoms with E-state index in [0.717, 1.165) is 10.0 Å². The van der Waals surface area contributed by atoms with Gasteiger partial charge in [-0.15, -0.1) is 0 Å². The molecule has 0 aliphatic heterocycles. The summed E-state index contributed by atoms with van der Waals surface area (Å²) in [5, 5.41) is 0.174. The molecule has 0 radical (unpaired) electrons. The predicted octanol–water partition coefficient (Wildman–Crippen LogP) is 5.47. The first-order valence-corrected chi connectivity index (χ1v) is 12.3. The third-order valence-corrected chi connectivity index (χ3v) is 7.18. The minimum Gasteiger partial charge on any atom is -0.495 e. The van der Waals surface area contributed by atoms with Gasteiger partial charge >= 0.3 is 0 Å². The number of methoxy groups -OCH3 is 1. The molecule has 0 aromatic heterocycles. The van der Waals surface area contributed by atoms with Crippen LogP contribution >= 0.6 is 27.5 Å². The van der Waals surface area contributed by atoms with Crippen molar-refractivity contribution in [2.75, 3.05) is 18.0 Å². The van der Waals surface area contributed by atoms with Crippen molar-refractivity contribution in [2.24, 2.45) is 0 Å². The van der Waals surface area contributed by atoms with Crippen LogP contribution in [0.2, 0.25) is 5.02 Å². The summed E-state index contributed by atoms with van der Waals surface area (Å²) in [7, 11) is -2.77. The molecule has 3 rings (SSSR count). The largest absolute Gasteiger partial charge is 0.495 e. The molecule has 0 N–H and O–H groups in total. The summed E-state index contributed by atoms with van der Waals surface area (Å²) in [6, 6.07) is 17.5. The van der Waals surface area contributed by atoms with Crippen LogP contribution in [0.25, 0.3) is 0 Å². The first kappa shape index (κ1) is 24.1. The summed E-state index contributed by atoms with van der Waals surface area (Å²) in [6.07, 6.45) is 0.684. The fourth-order valence-corrected chi connectivity index (χ4v) is 5.14. The summed E-state index contributed by atoms with van der Waals surface area (Å²) < 4.78 is 39.2. The van der Waals surface area contributed by atoms with Crippen LogP contribution in [-0.2, 0) is 21.2 Å². The second kappa shape index (κ2) is 10.4. The highest BCUT2D eigenvalue weighted by molar-refractivity contribution is 9.10. The Balaban J connectivity index is 1.99. The number of amides is 1. The molecule has 0 heterocycles. The topological polar surface area (TPSA) is 72.9 Å². The fourth-order valence-electron chi connectivity index (χ4n) is 3.06. The molecular formula is C23H21BrClNO5S. The van der Waals surface area contributed by atoms with Gasteiger partial charge in [-0.1, -0.05) is 52.7 Å². The van der Waals surface area contributed by atoms with Crippen LogP contribution in [-0.4, -0.2) is 28.0 Å². The third kappa shape index (κ3) is 5.26. The van der Waals surface area contributed by atoms with Crippen molar-refractivity contribution in [1.82, 2.24) is 0 Å². The second-order valence-electron chi connectivity index (χ2n) is 6.69. The van der Waals surface area contributed by atoms with Gasteiger partial charge in [0.2, 0.25) is 0 Å². The van der Waals surface area contributed by atoms with Crippen molar-refractivity contribution in [3.63, 3.8) is 0 Å². The SMILES string of the molecule is CCc1cc(Br)ccc1OCC(=O)N(c1ccc(OC)c(Cl)c1)S(=O)(=O)c1ccccc1. The van der Waals surface area contributed by atoms with Crippen LogP contribution in [0.5, 0.6) is 11.5 Å². The number of sulfonamides is 1. The minimum absolute atomic E-state index is 0.0295. The fraction of sp³-hybridized carbons (Fsp3) is 0.174. The van der Waals surface area contributed by atoms with Gasteiger partial charge in [0, 0.05) is 4.47 Å².